The summed E-state index contributed by atoms with van der Waals surface area (Å²) in [5.74, 6) is 0.492. The summed E-state index contributed by atoms with van der Waals surface area (Å²) >= 11 is 0. The summed E-state index contributed by atoms with van der Waals surface area (Å²) in [5.41, 5.74) is 5.11. The predicted molar refractivity (Wildman–Crippen MR) is 62.0 cm³/mol. The van der Waals surface area contributed by atoms with E-state index in [2.05, 4.69) is 27.0 Å². The number of rotatable bonds is 7. The minimum atomic E-state index is -0.867. The molecule has 0 aliphatic carbocycles. The van der Waals surface area contributed by atoms with Gasteiger partial charge in [-0.1, -0.05) is 26.0 Å². The van der Waals surface area contributed by atoms with Crippen molar-refractivity contribution < 1.29 is 5.11 Å². The number of hydrogen-bond donors (Lipinski definition) is 2. The Hall–Kier alpha value is -0.600. The molecule has 3 N–H and O–H groups in total. The van der Waals surface area contributed by atoms with Crippen LogP contribution < -0.4 is 5.73 Å². The molecule has 1 atom stereocenters. The van der Waals surface area contributed by atoms with Gasteiger partial charge in [0.05, 0.1) is 5.60 Å². The van der Waals surface area contributed by atoms with Gasteiger partial charge in [0.1, 0.15) is 0 Å². The predicted octanol–water partition coefficient (Wildman–Crippen LogP) is 2.24. The van der Waals surface area contributed by atoms with E-state index < -0.39 is 5.60 Å². The highest BCUT2D eigenvalue weighted by atomic mass is 16.3. The summed E-state index contributed by atoms with van der Waals surface area (Å²) in [6, 6.07) is -0.210. The van der Waals surface area contributed by atoms with Gasteiger partial charge in [0.15, 0.2) is 0 Å². The fourth-order valence-electron chi connectivity index (χ4n) is 1.61. The van der Waals surface area contributed by atoms with Crippen LogP contribution in [0.3, 0.4) is 0 Å². The largest absolute Gasteiger partial charge is 0.388 e. The normalized spacial score (nSPS) is 14.1. The summed E-state index contributed by atoms with van der Waals surface area (Å²) in [7, 11) is 0. The molecule has 0 bridgehead atoms. The summed E-state index contributed by atoms with van der Waals surface area (Å²) in [5, 5.41) is 10.3. The third kappa shape index (κ3) is 4.07. The van der Waals surface area contributed by atoms with Crippen LogP contribution in [-0.4, -0.2) is 16.7 Å². The van der Waals surface area contributed by atoms with Crippen molar-refractivity contribution in [3.05, 3.63) is 25.3 Å². The lowest BCUT2D eigenvalue weighted by molar-refractivity contribution is 0.0133. The van der Waals surface area contributed by atoms with Crippen LogP contribution in [0.25, 0.3) is 0 Å². The molecule has 0 amide bonds. The van der Waals surface area contributed by atoms with Gasteiger partial charge in [-0.15, -0.1) is 13.2 Å². The number of aliphatic hydroxyl groups is 1. The average molecular weight is 197 g/mol. The summed E-state index contributed by atoms with van der Waals surface area (Å²) < 4.78 is 0. The van der Waals surface area contributed by atoms with E-state index in [9.17, 15) is 5.11 Å². The van der Waals surface area contributed by atoms with E-state index in [0.29, 0.717) is 18.8 Å². The summed E-state index contributed by atoms with van der Waals surface area (Å²) in [4.78, 5) is 0. The van der Waals surface area contributed by atoms with Crippen LogP contribution in [0.1, 0.15) is 33.1 Å². The van der Waals surface area contributed by atoms with Gasteiger partial charge in [0.2, 0.25) is 0 Å². The van der Waals surface area contributed by atoms with Crippen LogP contribution >= 0.6 is 0 Å². The maximum absolute atomic E-state index is 10.3. The fraction of sp³-hybridized carbons (Fsp3) is 0.667. The second kappa shape index (κ2) is 5.99. The Morgan fingerprint density at radius 1 is 1.29 bits per heavy atom. The molecule has 0 aliphatic rings. The van der Waals surface area contributed by atoms with Crippen LogP contribution in [0.5, 0.6) is 0 Å². The smallest absolute Gasteiger partial charge is 0.0866 e. The number of hydrogen-bond acceptors (Lipinski definition) is 2. The van der Waals surface area contributed by atoms with E-state index in [0.717, 1.165) is 6.42 Å². The molecule has 2 nitrogen and oxygen atoms in total. The standard InChI is InChI=1S/C12H23NO/c1-5-7-12(14,8-6-2)11(13)9-10(3)4/h5-6,10-11,14H,1-2,7-9,13H2,3-4H3/t11-/m0/s1. The minimum absolute atomic E-state index is 0.210. The Labute approximate surface area is 87.5 Å². The van der Waals surface area contributed by atoms with E-state index in [1.807, 2.05) is 0 Å². The lowest BCUT2D eigenvalue weighted by Gasteiger charge is -2.33. The van der Waals surface area contributed by atoms with Gasteiger partial charge < -0.3 is 10.8 Å². The number of nitrogens with two attached hydrogens (primary N) is 1. The van der Waals surface area contributed by atoms with Gasteiger partial charge in [0, 0.05) is 6.04 Å². The Morgan fingerprint density at radius 3 is 2.00 bits per heavy atom. The Balaban J connectivity index is 4.44. The van der Waals surface area contributed by atoms with Crippen molar-refractivity contribution in [3.63, 3.8) is 0 Å². The first-order valence-electron chi connectivity index (χ1n) is 5.16. The zero-order valence-corrected chi connectivity index (χ0v) is 9.37. The Morgan fingerprint density at radius 2 is 1.71 bits per heavy atom. The van der Waals surface area contributed by atoms with Crippen LogP contribution in [0.2, 0.25) is 0 Å². The molecule has 0 radical (unpaired) electrons. The van der Waals surface area contributed by atoms with Gasteiger partial charge in [-0.25, -0.2) is 0 Å². The quantitative estimate of drug-likeness (QED) is 0.615. The molecule has 0 aromatic rings. The van der Waals surface area contributed by atoms with Crippen molar-refractivity contribution >= 4 is 0 Å². The first-order valence-corrected chi connectivity index (χ1v) is 5.16. The molecule has 0 fully saturated rings. The first kappa shape index (κ1) is 13.4. The van der Waals surface area contributed by atoms with Gasteiger partial charge in [0.25, 0.3) is 0 Å². The Kier molecular flexibility index (Phi) is 5.73. The molecular formula is C12H23NO. The van der Waals surface area contributed by atoms with Crippen molar-refractivity contribution in [1.29, 1.82) is 0 Å². The summed E-state index contributed by atoms with van der Waals surface area (Å²) in [6.07, 6.45) is 5.28. The lowest BCUT2D eigenvalue weighted by Crippen LogP contribution is -2.48. The van der Waals surface area contributed by atoms with E-state index in [4.69, 9.17) is 5.73 Å². The fourth-order valence-corrected chi connectivity index (χ4v) is 1.61. The molecule has 82 valence electrons. The molecule has 0 unspecified atom stereocenters. The molecule has 0 spiro atoms. The maximum atomic E-state index is 10.3. The van der Waals surface area contributed by atoms with Crippen molar-refractivity contribution in [2.45, 2.75) is 44.8 Å². The molecule has 0 aromatic heterocycles. The molecular weight excluding hydrogens is 174 g/mol. The van der Waals surface area contributed by atoms with Crippen LogP contribution in [0.15, 0.2) is 25.3 Å². The third-order valence-corrected chi connectivity index (χ3v) is 2.41. The minimum Gasteiger partial charge on any atom is -0.388 e. The third-order valence-electron chi connectivity index (χ3n) is 2.41. The molecule has 0 saturated heterocycles. The molecule has 0 aliphatic heterocycles. The van der Waals surface area contributed by atoms with Crippen molar-refractivity contribution in [1.82, 2.24) is 0 Å². The molecule has 0 rings (SSSR count). The average Bonchev–Trinajstić information content (AvgIpc) is 2.03. The molecule has 0 saturated carbocycles. The van der Waals surface area contributed by atoms with Gasteiger partial charge in [-0.3, -0.25) is 0 Å². The van der Waals surface area contributed by atoms with Crippen LogP contribution in [-0.2, 0) is 0 Å². The highest BCUT2D eigenvalue weighted by Gasteiger charge is 2.31. The monoisotopic (exact) mass is 197 g/mol. The first-order chi connectivity index (χ1) is 6.46. The second-order valence-corrected chi connectivity index (χ2v) is 4.33. The highest BCUT2D eigenvalue weighted by Crippen LogP contribution is 2.24. The zero-order chi connectivity index (χ0) is 11.2. The topological polar surface area (TPSA) is 46.2 Å². The molecule has 0 heterocycles. The Bertz CT molecular complexity index is 177. The maximum Gasteiger partial charge on any atom is 0.0866 e. The zero-order valence-electron chi connectivity index (χ0n) is 9.37. The van der Waals surface area contributed by atoms with Crippen molar-refractivity contribution in [3.8, 4) is 0 Å². The highest BCUT2D eigenvalue weighted by molar-refractivity contribution is 4.98. The van der Waals surface area contributed by atoms with Crippen molar-refractivity contribution in [2.75, 3.05) is 0 Å². The van der Waals surface area contributed by atoms with E-state index >= 15 is 0 Å². The van der Waals surface area contributed by atoms with E-state index in [1.165, 1.54) is 0 Å². The second-order valence-electron chi connectivity index (χ2n) is 4.33. The molecule has 2 heteroatoms. The van der Waals surface area contributed by atoms with Gasteiger partial charge in [-0.05, 0) is 25.2 Å². The van der Waals surface area contributed by atoms with Crippen molar-refractivity contribution in [2.24, 2.45) is 11.7 Å². The van der Waals surface area contributed by atoms with Crippen LogP contribution in [0, 0.1) is 5.92 Å². The van der Waals surface area contributed by atoms with Crippen LogP contribution in [0.4, 0.5) is 0 Å². The molecule has 14 heavy (non-hydrogen) atoms. The lowest BCUT2D eigenvalue weighted by atomic mass is 9.83. The van der Waals surface area contributed by atoms with E-state index in [-0.39, 0.29) is 6.04 Å². The van der Waals surface area contributed by atoms with Gasteiger partial charge >= 0.3 is 0 Å². The molecule has 0 aromatic carbocycles. The SMILES string of the molecule is C=CCC(O)(CC=C)[C@@H](N)CC(C)C. The van der Waals surface area contributed by atoms with Gasteiger partial charge in [-0.2, -0.15) is 0 Å². The summed E-state index contributed by atoms with van der Waals surface area (Å²) in [6.45, 7) is 11.5. The van der Waals surface area contributed by atoms with E-state index in [1.54, 1.807) is 12.2 Å².